The van der Waals surface area contributed by atoms with E-state index in [2.05, 4.69) is 21.2 Å². The smallest absolute Gasteiger partial charge is 0.271 e. The Bertz CT molecular complexity index is 801. The van der Waals surface area contributed by atoms with Gasteiger partial charge in [-0.15, -0.1) is 0 Å². The van der Waals surface area contributed by atoms with Crippen LogP contribution in [0.5, 0.6) is 5.75 Å². The second kappa shape index (κ2) is 7.83. The van der Waals surface area contributed by atoms with Crippen molar-refractivity contribution >= 4 is 56.4 Å². The van der Waals surface area contributed by atoms with Gasteiger partial charge in [0.25, 0.3) is 11.6 Å². The molecule has 0 aliphatic heterocycles. The van der Waals surface area contributed by atoms with E-state index in [9.17, 15) is 14.9 Å². The topological polar surface area (TPSA) is 81.5 Å². The third-order valence-electron chi connectivity index (χ3n) is 2.99. The normalized spacial score (nSPS) is 11.7. The molecule has 0 aliphatic carbocycles. The Morgan fingerprint density at radius 1 is 1.25 bits per heavy atom. The lowest BCUT2D eigenvalue weighted by atomic mass is 10.2. The highest BCUT2D eigenvalue weighted by Crippen LogP contribution is 2.29. The summed E-state index contributed by atoms with van der Waals surface area (Å²) in [6.45, 7) is 1.53. The van der Waals surface area contributed by atoms with Crippen molar-refractivity contribution in [3.8, 4) is 5.75 Å². The van der Waals surface area contributed by atoms with Crippen LogP contribution >= 0.6 is 39.1 Å². The summed E-state index contributed by atoms with van der Waals surface area (Å²) in [5.74, 6) is -0.177. The van der Waals surface area contributed by atoms with Gasteiger partial charge in [-0.3, -0.25) is 14.9 Å². The van der Waals surface area contributed by atoms with E-state index < -0.39 is 16.9 Å². The molecule has 2 aromatic carbocycles. The van der Waals surface area contributed by atoms with Gasteiger partial charge in [-0.1, -0.05) is 39.1 Å². The Labute approximate surface area is 156 Å². The highest BCUT2D eigenvalue weighted by molar-refractivity contribution is 9.10. The third kappa shape index (κ3) is 4.59. The van der Waals surface area contributed by atoms with Crippen molar-refractivity contribution in [1.82, 2.24) is 0 Å². The molecule has 0 bridgehead atoms. The standard InChI is InChI=1S/C15H11BrCl2N2O4/c1-8(24-14-5-2-9(16)6-12(14)18)15(21)19-13-7-10(20(22)23)3-4-11(13)17/h2-8H,1H3,(H,19,21). The Balaban J connectivity index is 2.11. The van der Waals surface area contributed by atoms with E-state index in [1.54, 1.807) is 18.2 Å². The van der Waals surface area contributed by atoms with Crippen LogP contribution in [0.1, 0.15) is 6.92 Å². The van der Waals surface area contributed by atoms with Crippen molar-refractivity contribution in [2.24, 2.45) is 0 Å². The number of nitrogens with zero attached hydrogens (tertiary/aromatic N) is 1. The first kappa shape index (κ1) is 18.5. The maximum Gasteiger partial charge on any atom is 0.271 e. The zero-order chi connectivity index (χ0) is 17.9. The summed E-state index contributed by atoms with van der Waals surface area (Å²) in [6.07, 6.45) is -0.890. The lowest BCUT2D eigenvalue weighted by Gasteiger charge is -2.16. The predicted octanol–water partition coefficient (Wildman–Crippen LogP) is 5.07. The minimum Gasteiger partial charge on any atom is -0.479 e. The molecule has 1 amide bonds. The van der Waals surface area contributed by atoms with E-state index in [1.807, 2.05) is 0 Å². The molecular weight excluding hydrogens is 423 g/mol. The number of hydrogen-bond donors (Lipinski definition) is 1. The molecule has 0 saturated heterocycles. The number of nitro benzene ring substituents is 1. The van der Waals surface area contributed by atoms with Crippen molar-refractivity contribution in [1.29, 1.82) is 0 Å². The number of nitro groups is 1. The summed E-state index contributed by atoms with van der Waals surface area (Å²) in [6, 6.07) is 8.75. The van der Waals surface area contributed by atoms with Crippen molar-refractivity contribution < 1.29 is 14.5 Å². The molecule has 24 heavy (non-hydrogen) atoms. The molecule has 1 atom stereocenters. The monoisotopic (exact) mass is 432 g/mol. The average molecular weight is 434 g/mol. The quantitative estimate of drug-likeness (QED) is 0.527. The third-order valence-corrected chi connectivity index (χ3v) is 4.10. The molecule has 1 unspecified atom stereocenters. The van der Waals surface area contributed by atoms with E-state index in [4.69, 9.17) is 27.9 Å². The zero-order valence-electron chi connectivity index (χ0n) is 12.3. The SMILES string of the molecule is CC(Oc1ccc(Br)cc1Cl)C(=O)Nc1cc([N+](=O)[O-])ccc1Cl. The van der Waals surface area contributed by atoms with E-state index in [1.165, 1.54) is 25.1 Å². The Morgan fingerprint density at radius 2 is 1.96 bits per heavy atom. The highest BCUT2D eigenvalue weighted by atomic mass is 79.9. The number of rotatable bonds is 5. The zero-order valence-corrected chi connectivity index (χ0v) is 15.4. The van der Waals surface area contributed by atoms with Crippen LogP contribution in [0.4, 0.5) is 11.4 Å². The summed E-state index contributed by atoms with van der Waals surface area (Å²) >= 11 is 15.3. The summed E-state index contributed by atoms with van der Waals surface area (Å²) in [7, 11) is 0. The maximum atomic E-state index is 12.2. The second-order valence-corrected chi connectivity index (χ2v) is 6.48. The van der Waals surface area contributed by atoms with Gasteiger partial charge in [-0.2, -0.15) is 0 Å². The lowest BCUT2D eigenvalue weighted by Crippen LogP contribution is -2.30. The van der Waals surface area contributed by atoms with Crippen LogP contribution in [0.3, 0.4) is 0 Å². The predicted molar refractivity (Wildman–Crippen MR) is 96.0 cm³/mol. The lowest BCUT2D eigenvalue weighted by molar-refractivity contribution is -0.384. The molecular formula is C15H11BrCl2N2O4. The van der Waals surface area contributed by atoms with Gasteiger partial charge >= 0.3 is 0 Å². The first-order valence-corrected chi connectivity index (χ1v) is 8.19. The Kier molecular flexibility index (Phi) is 6.04. The first-order chi connectivity index (χ1) is 11.3. The Hall–Kier alpha value is -1.83. The molecule has 9 heteroatoms. The fourth-order valence-corrected chi connectivity index (χ4v) is 2.65. The van der Waals surface area contributed by atoms with Crippen LogP contribution in [0.15, 0.2) is 40.9 Å². The number of hydrogen-bond acceptors (Lipinski definition) is 4. The molecule has 6 nitrogen and oxygen atoms in total. The minimum atomic E-state index is -0.890. The van der Waals surface area contributed by atoms with Crippen LogP contribution in [0, 0.1) is 10.1 Å². The molecule has 0 radical (unpaired) electrons. The summed E-state index contributed by atoms with van der Waals surface area (Å²) in [5, 5.41) is 13.8. The number of amides is 1. The summed E-state index contributed by atoms with van der Waals surface area (Å²) in [4.78, 5) is 22.4. The molecule has 126 valence electrons. The van der Waals surface area contributed by atoms with Crippen molar-refractivity contribution in [2.45, 2.75) is 13.0 Å². The van der Waals surface area contributed by atoms with Crippen LogP contribution in [0.25, 0.3) is 0 Å². The number of halogens is 3. The number of nitrogens with one attached hydrogen (secondary N) is 1. The minimum absolute atomic E-state index is 0.133. The summed E-state index contributed by atoms with van der Waals surface area (Å²) in [5.41, 5.74) is -0.0487. The first-order valence-electron chi connectivity index (χ1n) is 6.64. The van der Waals surface area contributed by atoms with Crippen LogP contribution < -0.4 is 10.1 Å². The van der Waals surface area contributed by atoms with Crippen LogP contribution in [-0.4, -0.2) is 16.9 Å². The van der Waals surface area contributed by atoms with Gasteiger partial charge in [0.15, 0.2) is 6.10 Å². The van der Waals surface area contributed by atoms with Crippen molar-refractivity contribution in [2.75, 3.05) is 5.32 Å². The fourth-order valence-electron chi connectivity index (χ4n) is 1.77. The molecule has 0 aromatic heterocycles. The Morgan fingerprint density at radius 3 is 2.58 bits per heavy atom. The number of anilines is 1. The molecule has 2 rings (SSSR count). The van der Waals surface area contributed by atoms with Crippen molar-refractivity contribution in [3.63, 3.8) is 0 Å². The van der Waals surface area contributed by atoms with Gasteiger partial charge in [-0.05, 0) is 31.2 Å². The molecule has 0 saturated carbocycles. The van der Waals surface area contributed by atoms with Gasteiger partial charge in [0.05, 0.1) is 20.7 Å². The van der Waals surface area contributed by atoms with E-state index in [0.717, 1.165) is 4.47 Å². The number of ether oxygens (including phenoxy) is 1. The second-order valence-electron chi connectivity index (χ2n) is 4.75. The van der Waals surface area contributed by atoms with Crippen molar-refractivity contribution in [3.05, 3.63) is 61.0 Å². The van der Waals surface area contributed by atoms with Gasteiger partial charge in [0.2, 0.25) is 0 Å². The average Bonchev–Trinajstić information content (AvgIpc) is 2.51. The number of non-ortho nitro benzene ring substituents is 1. The molecule has 0 heterocycles. The molecule has 1 N–H and O–H groups in total. The highest BCUT2D eigenvalue weighted by Gasteiger charge is 2.19. The molecule has 0 aliphatic rings. The van der Waals surface area contributed by atoms with Crippen LogP contribution in [-0.2, 0) is 4.79 Å². The number of carbonyl (C=O) groups is 1. The van der Waals surface area contributed by atoms with Gasteiger partial charge in [0.1, 0.15) is 5.75 Å². The largest absolute Gasteiger partial charge is 0.479 e. The van der Waals surface area contributed by atoms with Gasteiger partial charge < -0.3 is 10.1 Å². The number of benzene rings is 2. The summed E-state index contributed by atoms with van der Waals surface area (Å²) < 4.78 is 6.29. The van der Waals surface area contributed by atoms with E-state index in [-0.39, 0.29) is 16.4 Å². The number of carbonyl (C=O) groups excluding carboxylic acids is 1. The van der Waals surface area contributed by atoms with Gasteiger partial charge in [0, 0.05) is 16.6 Å². The molecule has 0 fully saturated rings. The molecule has 2 aromatic rings. The maximum absolute atomic E-state index is 12.2. The fraction of sp³-hybridized carbons (Fsp3) is 0.133. The van der Waals surface area contributed by atoms with E-state index >= 15 is 0 Å². The molecule has 0 spiro atoms. The van der Waals surface area contributed by atoms with E-state index in [0.29, 0.717) is 10.8 Å². The van der Waals surface area contributed by atoms with Crippen LogP contribution in [0.2, 0.25) is 10.0 Å². The van der Waals surface area contributed by atoms with Gasteiger partial charge in [-0.25, -0.2) is 0 Å².